The van der Waals surface area contributed by atoms with Crippen LogP contribution in [-0.4, -0.2) is 41.0 Å². The van der Waals surface area contributed by atoms with E-state index in [-0.39, 0.29) is 18.0 Å². The van der Waals surface area contributed by atoms with Crippen LogP contribution in [0.2, 0.25) is 0 Å². The van der Waals surface area contributed by atoms with Crippen molar-refractivity contribution in [1.82, 2.24) is 15.2 Å². The first-order chi connectivity index (χ1) is 12.6. The van der Waals surface area contributed by atoms with E-state index in [1.165, 1.54) is 6.92 Å². The molecule has 1 atom stereocenters. The van der Waals surface area contributed by atoms with E-state index in [4.69, 9.17) is 4.74 Å². The Kier molecular flexibility index (Phi) is 5.68. The summed E-state index contributed by atoms with van der Waals surface area (Å²) in [5.74, 6) is 0.638. The lowest BCUT2D eigenvalue weighted by Crippen LogP contribution is -2.38. The van der Waals surface area contributed by atoms with E-state index in [1.54, 1.807) is 23.2 Å². The number of nitrogens with one attached hydrogen (secondary N) is 2. The van der Waals surface area contributed by atoms with Crippen LogP contribution < -0.4 is 15.4 Å². The topological polar surface area (TPSA) is 83.6 Å². The molecule has 1 aliphatic heterocycles. The molecule has 7 nitrogen and oxygen atoms in total. The standard InChI is InChI=1S/C19H22N4O3/c1-14(24)21-16-9-11-23(12-16)19(25)22-15-5-7-18(8-6-15)26-13-17-4-2-3-10-20-17/h2-8,10,16H,9,11-13H2,1H3,(H,21,24)(H,22,25)/t16-/m1/s1. The van der Waals surface area contributed by atoms with Gasteiger partial charge in [-0.05, 0) is 42.8 Å². The molecule has 3 amide bonds. The van der Waals surface area contributed by atoms with Crippen molar-refractivity contribution in [3.05, 3.63) is 54.4 Å². The minimum Gasteiger partial charge on any atom is -0.487 e. The van der Waals surface area contributed by atoms with Crippen LogP contribution in [0.4, 0.5) is 10.5 Å². The Hall–Kier alpha value is -3.09. The highest BCUT2D eigenvalue weighted by molar-refractivity contribution is 5.89. The van der Waals surface area contributed by atoms with E-state index in [1.807, 2.05) is 30.3 Å². The van der Waals surface area contributed by atoms with Crippen molar-refractivity contribution in [2.75, 3.05) is 18.4 Å². The Morgan fingerprint density at radius 3 is 2.73 bits per heavy atom. The van der Waals surface area contributed by atoms with Gasteiger partial charge in [0.2, 0.25) is 5.91 Å². The number of urea groups is 1. The van der Waals surface area contributed by atoms with E-state index in [9.17, 15) is 9.59 Å². The van der Waals surface area contributed by atoms with Crippen molar-refractivity contribution < 1.29 is 14.3 Å². The van der Waals surface area contributed by atoms with Gasteiger partial charge in [-0.2, -0.15) is 0 Å². The number of amides is 3. The molecule has 2 heterocycles. The smallest absolute Gasteiger partial charge is 0.321 e. The molecule has 1 saturated heterocycles. The van der Waals surface area contributed by atoms with Gasteiger partial charge >= 0.3 is 6.03 Å². The summed E-state index contributed by atoms with van der Waals surface area (Å²) in [6.45, 7) is 3.03. The predicted molar refractivity (Wildman–Crippen MR) is 97.8 cm³/mol. The van der Waals surface area contributed by atoms with Crippen molar-refractivity contribution in [2.24, 2.45) is 0 Å². The zero-order chi connectivity index (χ0) is 18.4. The van der Waals surface area contributed by atoms with Gasteiger partial charge in [-0.3, -0.25) is 9.78 Å². The third kappa shape index (κ3) is 4.95. The molecule has 0 spiro atoms. The monoisotopic (exact) mass is 354 g/mol. The number of anilines is 1. The molecule has 26 heavy (non-hydrogen) atoms. The number of carbonyl (C=O) groups excluding carboxylic acids is 2. The molecule has 0 bridgehead atoms. The van der Waals surface area contributed by atoms with Gasteiger partial charge < -0.3 is 20.3 Å². The van der Waals surface area contributed by atoms with Crippen molar-refractivity contribution in [3.63, 3.8) is 0 Å². The molecule has 2 N–H and O–H groups in total. The van der Waals surface area contributed by atoms with Crippen LogP contribution in [0, 0.1) is 0 Å². The molecule has 1 aliphatic rings. The molecular formula is C19H22N4O3. The van der Waals surface area contributed by atoms with Crippen LogP contribution >= 0.6 is 0 Å². The maximum absolute atomic E-state index is 12.3. The molecular weight excluding hydrogens is 332 g/mol. The number of nitrogens with zero attached hydrogens (tertiary/aromatic N) is 2. The number of hydrogen-bond donors (Lipinski definition) is 2. The Bertz CT molecular complexity index is 749. The van der Waals surface area contributed by atoms with E-state index in [2.05, 4.69) is 15.6 Å². The highest BCUT2D eigenvalue weighted by atomic mass is 16.5. The molecule has 3 rings (SSSR count). The number of aromatic nitrogens is 1. The zero-order valence-electron chi connectivity index (χ0n) is 14.6. The van der Waals surface area contributed by atoms with Gasteiger partial charge in [0.05, 0.1) is 5.69 Å². The number of ether oxygens (including phenoxy) is 1. The summed E-state index contributed by atoms with van der Waals surface area (Å²) in [5.41, 5.74) is 1.55. The first-order valence-corrected chi connectivity index (χ1v) is 8.56. The summed E-state index contributed by atoms with van der Waals surface area (Å²) < 4.78 is 5.68. The molecule has 7 heteroatoms. The van der Waals surface area contributed by atoms with Crippen LogP contribution in [0.25, 0.3) is 0 Å². The fourth-order valence-electron chi connectivity index (χ4n) is 2.83. The van der Waals surface area contributed by atoms with E-state index in [0.717, 1.165) is 12.1 Å². The molecule has 1 fully saturated rings. The van der Waals surface area contributed by atoms with Crippen LogP contribution in [0.5, 0.6) is 5.75 Å². The number of hydrogen-bond acceptors (Lipinski definition) is 4. The Labute approximate surface area is 152 Å². The number of likely N-dealkylation sites (tertiary alicyclic amines) is 1. The summed E-state index contributed by atoms with van der Waals surface area (Å²) in [6.07, 6.45) is 2.50. The van der Waals surface area contributed by atoms with Gasteiger partial charge in [0.15, 0.2) is 0 Å². The quantitative estimate of drug-likeness (QED) is 0.864. The number of carbonyl (C=O) groups is 2. The van der Waals surface area contributed by atoms with Gasteiger partial charge in [0.25, 0.3) is 0 Å². The number of pyridine rings is 1. The zero-order valence-corrected chi connectivity index (χ0v) is 14.6. The summed E-state index contributed by atoms with van der Waals surface area (Å²) in [5, 5.41) is 5.71. The normalized spacial score (nSPS) is 16.2. The second-order valence-electron chi connectivity index (χ2n) is 6.20. The molecule has 2 aromatic rings. The minimum absolute atomic E-state index is 0.0284. The molecule has 0 unspecified atom stereocenters. The predicted octanol–water partition coefficient (Wildman–Crippen LogP) is 2.40. The van der Waals surface area contributed by atoms with Crippen molar-refractivity contribution in [1.29, 1.82) is 0 Å². The fourth-order valence-corrected chi connectivity index (χ4v) is 2.83. The average Bonchev–Trinajstić information content (AvgIpc) is 3.10. The van der Waals surface area contributed by atoms with E-state index < -0.39 is 0 Å². The van der Waals surface area contributed by atoms with Crippen LogP contribution in [0.15, 0.2) is 48.7 Å². The van der Waals surface area contributed by atoms with Crippen LogP contribution in [0.3, 0.4) is 0 Å². The van der Waals surface area contributed by atoms with Crippen molar-refractivity contribution >= 4 is 17.6 Å². The molecule has 1 aromatic carbocycles. The third-order valence-electron chi connectivity index (χ3n) is 4.10. The van der Waals surface area contributed by atoms with Crippen molar-refractivity contribution in [3.8, 4) is 5.75 Å². The highest BCUT2D eigenvalue weighted by Gasteiger charge is 2.26. The lowest BCUT2D eigenvalue weighted by atomic mass is 10.3. The third-order valence-corrected chi connectivity index (χ3v) is 4.10. The van der Waals surface area contributed by atoms with Gasteiger partial charge in [0, 0.05) is 37.9 Å². The SMILES string of the molecule is CC(=O)N[C@@H]1CCN(C(=O)Nc2ccc(OCc3ccccn3)cc2)C1. The van der Waals surface area contributed by atoms with Crippen LogP contribution in [0.1, 0.15) is 19.0 Å². The van der Waals surface area contributed by atoms with Gasteiger partial charge in [-0.25, -0.2) is 4.79 Å². The lowest BCUT2D eigenvalue weighted by molar-refractivity contribution is -0.119. The second kappa shape index (κ2) is 8.33. The Morgan fingerprint density at radius 1 is 1.23 bits per heavy atom. The Morgan fingerprint density at radius 2 is 2.04 bits per heavy atom. The average molecular weight is 354 g/mol. The molecule has 1 aromatic heterocycles. The summed E-state index contributed by atoms with van der Waals surface area (Å²) in [4.78, 5) is 29.3. The Balaban J connectivity index is 1.48. The van der Waals surface area contributed by atoms with E-state index in [0.29, 0.717) is 31.1 Å². The maximum atomic E-state index is 12.3. The van der Waals surface area contributed by atoms with E-state index >= 15 is 0 Å². The number of rotatable bonds is 5. The van der Waals surface area contributed by atoms with Crippen molar-refractivity contribution in [2.45, 2.75) is 26.0 Å². The number of benzene rings is 1. The molecule has 0 saturated carbocycles. The first kappa shape index (κ1) is 17.7. The molecule has 0 radical (unpaired) electrons. The van der Waals surface area contributed by atoms with Gasteiger partial charge in [-0.1, -0.05) is 6.07 Å². The largest absolute Gasteiger partial charge is 0.487 e. The summed E-state index contributed by atoms with van der Waals surface area (Å²) in [6, 6.07) is 12.8. The lowest BCUT2D eigenvalue weighted by Gasteiger charge is -2.17. The van der Waals surface area contributed by atoms with Gasteiger partial charge in [-0.15, -0.1) is 0 Å². The van der Waals surface area contributed by atoms with Crippen LogP contribution in [-0.2, 0) is 11.4 Å². The van der Waals surface area contributed by atoms with Gasteiger partial charge in [0.1, 0.15) is 12.4 Å². The maximum Gasteiger partial charge on any atom is 0.321 e. The molecule has 0 aliphatic carbocycles. The fraction of sp³-hybridized carbons (Fsp3) is 0.316. The second-order valence-corrected chi connectivity index (χ2v) is 6.20. The first-order valence-electron chi connectivity index (χ1n) is 8.56. The highest BCUT2D eigenvalue weighted by Crippen LogP contribution is 2.18. The molecule has 136 valence electrons. The minimum atomic E-state index is -0.167. The summed E-state index contributed by atoms with van der Waals surface area (Å²) in [7, 11) is 0. The summed E-state index contributed by atoms with van der Waals surface area (Å²) >= 11 is 0.